The number of allylic oxidation sites excluding steroid dienone is 2. The number of hydrogen-bond acceptors (Lipinski definition) is 15. The zero-order valence-corrected chi connectivity index (χ0v) is 35.3. The number of ketones is 1. The highest BCUT2D eigenvalue weighted by Gasteiger charge is 2.50. The number of carbonyl (C=O) groups excluding carboxylic acids is 3. The summed E-state index contributed by atoms with van der Waals surface area (Å²) in [5.74, 6) is -8.34. The number of phenols is 3. The Labute approximate surface area is 344 Å². The minimum atomic E-state index is -2.04. The first-order valence-electron chi connectivity index (χ1n) is 19.8. The van der Waals surface area contributed by atoms with Gasteiger partial charge < -0.3 is 54.7 Å². The molecule has 1 fully saturated rings. The fourth-order valence-electron chi connectivity index (χ4n) is 7.92. The van der Waals surface area contributed by atoms with Gasteiger partial charge in [-0.15, -0.1) is 0 Å². The number of esters is 1. The minimum Gasteiger partial charge on any atom is -0.507 e. The maximum Gasteiger partial charge on any atom is 0.312 e. The Hall–Kier alpha value is -5.16. The van der Waals surface area contributed by atoms with Crippen LogP contribution in [-0.4, -0.2) is 130 Å². The fraction of sp³-hybridized carbons (Fsp3) is 0.535. The van der Waals surface area contributed by atoms with Gasteiger partial charge in [-0.25, -0.2) is 0 Å². The van der Waals surface area contributed by atoms with E-state index in [4.69, 9.17) is 18.9 Å². The highest BCUT2D eigenvalue weighted by Crippen LogP contribution is 2.55. The SMILES string of the molecule is COC1/C=C/OC2(C)Oc3c(C)c(O)c4c(O)c(c(/C=N\N5CCN(C)CC5)c(O)c4c3C2=O)NC(=O)/C(C)=C/C=C/C(C)C(O)C(C)C(O)C(C)C(OC(C)=O)C1C. The van der Waals surface area contributed by atoms with Crippen molar-refractivity contribution in [3.63, 3.8) is 0 Å². The van der Waals surface area contributed by atoms with Gasteiger partial charge in [0.15, 0.2) is 5.75 Å². The van der Waals surface area contributed by atoms with Crippen LogP contribution in [0.5, 0.6) is 23.0 Å². The number of benzene rings is 2. The first-order chi connectivity index (χ1) is 27.7. The summed E-state index contributed by atoms with van der Waals surface area (Å²) in [4.78, 5) is 42.6. The van der Waals surface area contributed by atoms with Crippen LogP contribution in [0.15, 0.2) is 41.2 Å². The average Bonchev–Trinajstić information content (AvgIpc) is 3.46. The minimum absolute atomic E-state index is 0.0559. The molecular weight excluding hydrogens is 764 g/mol. The molecule has 4 aliphatic rings. The monoisotopic (exact) mass is 822 g/mol. The normalized spacial score (nSPS) is 32.1. The second-order valence-electron chi connectivity index (χ2n) is 16.1. The van der Waals surface area contributed by atoms with Crippen molar-refractivity contribution in [1.29, 1.82) is 0 Å². The van der Waals surface area contributed by atoms with Gasteiger partial charge in [-0.1, -0.05) is 45.9 Å². The molecule has 4 aliphatic heterocycles. The van der Waals surface area contributed by atoms with E-state index in [2.05, 4.69) is 15.3 Å². The van der Waals surface area contributed by atoms with Gasteiger partial charge in [0.05, 0.1) is 53.0 Å². The fourth-order valence-corrected chi connectivity index (χ4v) is 7.92. The highest BCUT2D eigenvalue weighted by atomic mass is 16.7. The van der Waals surface area contributed by atoms with Crippen LogP contribution in [0.1, 0.15) is 70.0 Å². The molecule has 5 bridgehead atoms. The van der Waals surface area contributed by atoms with E-state index in [0.29, 0.717) is 13.1 Å². The van der Waals surface area contributed by atoms with Gasteiger partial charge in [-0.3, -0.25) is 19.4 Å². The number of aromatic hydroxyl groups is 3. The quantitative estimate of drug-likeness (QED) is 0.109. The van der Waals surface area contributed by atoms with Crippen LogP contribution >= 0.6 is 0 Å². The molecule has 0 aromatic heterocycles. The summed E-state index contributed by atoms with van der Waals surface area (Å²) in [6.45, 7) is 15.1. The first kappa shape index (κ1) is 44.9. The van der Waals surface area contributed by atoms with Crippen LogP contribution in [0.25, 0.3) is 10.8 Å². The zero-order chi connectivity index (χ0) is 43.7. The van der Waals surface area contributed by atoms with Crippen LogP contribution in [0.4, 0.5) is 5.69 Å². The maximum absolute atomic E-state index is 14.4. The molecule has 4 heterocycles. The molecule has 6 N–H and O–H groups in total. The Morgan fingerprint density at radius 3 is 2.24 bits per heavy atom. The van der Waals surface area contributed by atoms with Crippen molar-refractivity contribution in [2.75, 3.05) is 45.7 Å². The van der Waals surface area contributed by atoms with Gasteiger partial charge in [0, 0.05) is 87.3 Å². The summed E-state index contributed by atoms with van der Waals surface area (Å²) in [6.07, 6.45) is 4.86. The predicted molar refractivity (Wildman–Crippen MR) is 220 cm³/mol. The van der Waals surface area contributed by atoms with Gasteiger partial charge in [0.2, 0.25) is 0 Å². The number of rotatable bonds is 4. The van der Waals surface area contributed by atoms with Gasteiger partial charge in [0.25, 0.3) is 11.7 Å². The Morgan fingerprint density at radius 2 is 1.61 bits per heavy atom. The average molecular weight is 823 g/mol. The lowest BCUT2D eigenvalue weighted by atomic mass is 9.78. The first-order valence-corrected chi connectivity index (χ1v) is 19.8. The largest absolute Gasteiger partial charge is 0.507 e. The number of fused-ring (bicyclic) bond motifs is 14. The van der Waals surface area contributed by atoms with Gasteiger partial charge in [0.1, 0.15) is 23.4 Å². The number of methoxy groups -OCH3 is 1. The number of hydrazone groups is 1. The number of ether oxygens (including phenoxy) is 4. The van der Waals surface area contributed by atoms with Crippen LogP contribution in [-0.2, 0) is 23.8 Å². The van der Waals surface area contributed by atoms with Gasteiger partial charge >= 0.3 is 11.8 Å². The number of anilines is 1. The Morgan fingerprint density at radius 1 is 0.949 bits per heavy atom. The third kappa shape index (κ3) is 8.91. The van der Waals surface area contributed by atoms with E-state index < -0.39 is 88.8 Å². The van der Waals surface area contributed by atoms with Crippen molar-refractivity contribution in [3.8, 4) is 23.0 Å². The van der Waals surface area contributed by atoms with Crippen LogP contribution in [0, 0.1) is 30.6 Å². The topological polar surface area (TPSA) is 220 Å². The van der Waals surface area contributed by atoms with E-state index in [1.807, 2.05) is 7.05 Å². The molecule has 2 aromatic carbocycles. The number of amides is 1. The molecular formula is C43H58N4O12. The number of nitrogens with zero attached hydrogens (tertiary/aromatic N) is 3. The molecule has 9 unspecified atom stereocenters. The van der Waals surface area contributed by atoms with Crippen LogP contribution in [0.2, 0.25) is 0 Å². The van der Waals surface area contributed by atoms with Crippen molar-refractivity contribution < 1.29 is 58.9 Å². The molecule has 322 valence electrons. The highest BCUT2D eigenvalue weighted by molar-refractivity contribution is 6.23. The van der Waals surface area contributed by atoms with Crippen molar-refractivity contribution in [2.24, 2.45) is 28.8 Å². The van der Waals surface area contributed by atoms with E-state index >= 15 is 0 Å². The lowest BCUT2D eigenvalue weighted by Crippen LogP contribution is -2.46. The molecule has 1 amide bonds. The van der Waals surface area contributed by atoms with Crippen LogP contribution < -0.4 is 10.1 Å². The van der Waals surface area contributed by atoms with E-state index in [-0.39, 0.29) is 44.5 Å². The summed E-state index contributed by atoms with van der Waals surface area (Å²) < 4.78 is 23.6. The molecule has 59 heavy (non-hydrogen) atoms. The van der Waals surface area contributed by atoms with E-state index in [1.54, 1.807) is 44.9 Å². The van der Waals surface area contributed by atoms with Crippen molar-refractivity contribution in [1.82, 2.24) is 9.91 Å². The third-order valence-electron chi connectivity index (χ3n) is 11.9. The van der Waals surface area contributed by atoms with E-state index in [0.717, 1.165) is 13.1 Å². The molecule has 0 saturated carbocycles. The molecule has 0 aliphatic carbocycles. The van der Waals surface area contributed by atoms with Gasteiger partial charge in [-0.05, 0) is 27.0 Å². The molecule has 2 aromatic rings. The second kappa shape index (κ2) is 18.0. The number of carbonyl (C=O) groups is 3. The van der Waals surface area contributed by atoms with E-state index in [1.165, 1.54) is 59.4 Å². The Balaban J connectivity index is 1.70. The lowest BCUT2D eigenvalue weighted by Gasteiger charge is -2.38. The number of hydrogen-bond donors (Lipinski definition) is 6. The molecule has 16 heteroatoms. The molecule has 6 rings (SSSR count). The summed E-state index contributed by atoms with van der Waals surface area (Å²) in [7, 11) is 3.42. The number of aliphatic hydroxyl groups is 2. The second-order valence-corrected chi connectivity index (χ2v) is 16.1. The summed E-state index contributed by atoms with van der Waals surface area (Å²) in [6, 6.07) is 0. The molecule has 16 nitrogen and oxygen atoms in total. The lowest BCUT2D eigenvalue weighted by molar-refractivity contribution is -0.160. The van der Waals surface area contributed by atoms with Gasteiger partial charge in [-0.2, -0.15) is 5.10 Å². The Bertz CT molecular complexity index is 2070. The summed E-state index contributed by atoms with van der Waals surface area (Å²) >= 11 is 0. The third-order valence-corrected chi connectivity index (χ3v) is 11.9. The number of Topliss-reactive ketones (excluding diaryl/α,β-unsaturated/α-hetero) is 1. The van der Waals surface area contributed by atoms with E-state index in [9.17, 15) is 39.9 Å². The van der Waals surface area contributed by atoms with Crippen molar-refractivity contribution in [3.05, 3.63) is 52.8 Å². The standard InChI is InChI=1S/C43H58N4O12/c1-21-12-11-13-22(2)42(55)45-33-28(20-44-47-17-15-46(9)16-18-47)37(52)30-31(38(33)53)36(51)26(6)40-32(30)41(54)43(8,59-40)57-19-14-29(56-10)23(3)39(58-27(7)48)25(5)35(50)24(4)34(21)49/h11-14,19-21,23-25,29,34-35,39,49-53H,15-18H2,1-10H3,(H,45,55)/b12-11+,19-14+,22-13+,44-20-. The number of nitrogens with one attached hydrogen (secondary N) is 1. The maximum atomic E-state index is 14.4. The summed E-state index contributed by atoms with van der Waals surface area (Å²) in [5, 5.41) is 66.8. The Kier molecular flexibility index (Phi) is 13.7. The number of aliphatic hydroxyl groups excluding tert-OH is 2. The molecule has 9 atom stereocenters. The van der Waals surface area contributed by atoms with Crippen molar-refractivity contribution >= 4 is 40.3 Å². The zero-order valence-electron chi connectivity index (χ0n) is 35.3. The smallest absolute Gasteiger partial charge is 0.312 e. The van der Waals surface area contributed by atoms with Crippen molar-refractivity contribution in [2.45, 2.75) is 85.6 Å². The van der Waals surface area contributed by atoms with Crippen LogP contribution in [0.3, 0.4) is 0 Å². The molecule has 0 radical (unpaired) electrons. The predicted octanol–water partition coefficient (Wildman–Crippen LogP) is 4.34. The molecule has 0 spiro atoms. The number of piperazine rings is 1. The summed E-state index contributed by atoms with van der Waals surface area (Å²) in [5.41, 5.74) is -0.350. The number of likely N-dealkylation sites (N-methyl/N-ethyl adjacent to an activating group) is 1. The molecule has 1 saturated heterocycles. The number of phenolic OH excluding ortho intramolecular Hbond substituents is 3.